The fourth-order valence-corrected chi connectivity index (χ4v) is 2.50. The van der Waals surface area contributed by atoms with Crippen LogP contribution in [0.5, 0.6) is 0 Å². The SMILES string of the molecule is O=C(O)c1ccc(NCCCC=CC(F)(F)C(F)(F)C(F)(F)C(F)(F)C(F)(F)C(F)(F)C(F)(F)F)cc1. The lowest BCUT2D eigenvalue weighted by atomic mass is 9.91. The molecule has 0 fully saturated rings. The summed E-state index contributed by atoms with van der Waals surface area (Å²) in [5, 5.41) is 11.3. The van der Waals surface area contributed by atoms with E-state index in [2.05, 4.69) is 5.32 Å². The molecule has 0 saturated carbocycles. The number of unbranched alkanes of at least 4 members (excludes halogenated alkanes) is 1. The van der Waals surface area contributed by atoms with Crippen molar-refractivity contribution in [3.63, 3.8) is 0 Å². The quantitative estimate of drug-likeness (QED) is 0.155. The Bertz CT molecular complexity index is 969. The van der Waals surface area contributed by atoms with Gasteiger partial charge < -0.3 is 10.4 Å². The largest absolute Gasteiger partial charge is 0.478 e. The van der Waals surface area contributed by atoms with Crippen LogP contribution in [0.1, 0.15) is 23.2 Å². The second-order valence-corrected chi connectivity index (χ2v) is 7.35. The maximum absolute atomic E-state index is 13.7. The van der Waals surface area contributed by atoms with Crippen molar-refractivity contribution in [1.29, 1.82) is 0 Å². The molecule has 0 unspecified atom stereocenters. The summed E-state index contributed by atoms with van der Waals surface area (Å²) in [6, 6.07) is 4.87. The molecule has 1 aromatic carbocycles. The highest BCUT2D eigenvalue weighted by Gasteiger charge is 2.93. The predicted octanol–water partition coefficient (Wildman–Crippen LogP) is 7.51. The monoisotopic (exact) mass is 573 g/mol. The van der Waals surface area contributed by atoms with Crippen LogP contribution in [-0.4, -0.2) is 59.3 Å². The first-order valence-corrected chi connectivity index (χ1v) is 9.47. The highest BCUT2D eigenvalue weighted by molar-refractivity contribution is 5.87. The lowest BCUT2D eigenvalue weighted by Crippen LogP contribution is -2.72. The number of allylic oxidation sites excluding steroid dienone is 2. The van der Waals surface area contributed by atoms with E-state index in [9.17, 15) is 70.7 Å². The van der Waals surface area contributed by atoms with Crippen LogP contribution in [0.15, 0.2) is 36.4 Å². The maximum atomic E-state index is 13.7. The number of anilines is 1. The van der Waals surface area contributed by atoms with Crippen LogP contribution in [0.25, 0.3) is 0 Å². The zero-order valence-electron chi connectivity index (χ0n) is 17.6. The lowest BCUT2D eigenvalue weighted by Gasteiger charge is -2.41. The normalized spacial score (nSPS) is 14.8. The van der Waals surface area contributed by atoms with Crippen LogP contribution in [0.2, 0.25) is 0 Å². The maximum Gasteiger partial charge on any atom is 0.460 e. The van der Waals surface area contributed by atoms with E-state index in [0.717, 1.165) is 12.1 Å². The van der Waals surface area contributed by atoms with Crippen molar-refractivity contribution < 1.29 is 75.8 Å². The molecule has 212 valence electrons. The molecule has 37 heavy (non-hydrogen) atoms. The number of nitrogens with one attached hydrogen (secondary N) is 1. The Morgan fingerprint density at radius 3 is 1.57 bits per heavy atom. The van der Waals surface area contributed by atoms with Crippen LogP contribution < -0.4 is 5.32 Å². The molecular formula is C19H14F15NO2. The van der Waals surface area contributed by atoms with E-state index < -0.39 is 60.2 Å². The molecule has 0 radical (unpaired) electrons. The van der Waals surface area contributed by atoms with Crippen molar-refractivity contribution >= 4 is 11.7 Å². The fourth-order valence-electron chi connectivity index (χ4n) is 2.50. The molecule has 0 saturated heterocycles. The van der Waals surface area contributed by atoms with Gasteiger partial charge in [0.1, 0.15) is 0 Å². The van der Waals surface area contributed by atoms with E-state index in [4.69, 9.17) is 5.11 Å². The predicted molar refractivity (Wildman–Crippen MR) is 96.0 cm³/mol. The van der Waals surface area contributed by atoms with Gasteiger partial charge in [-0.05, 0) is 43.2 Å². The average Bonchev–Trinajstić information content (AvgIpc) is 2.74. The summed E-state index contributed by atoms with van der Waals surface area (Å²) in [4.78, 5) is 10.7. The van der Waals surface area contributed by atoms with Gasteiger partial charge in [0.25, 0.3) is 0 Å². The molecule has 1 rings (SSSR count). The Labute approximate surface area is 196 Å². The molecule has 18 heteroatoms. The van der Waals surface area contributed by atoms with E-state index in [1.807, 2.05) is 0 Å². The second kappa shape index (κ2) is 10.2. The Morgan fingerprint density at radius 2 is 1.14 bits per heavy atom. The third-order valence-corrected chi connectivity index (χ3v) is 4.69. The minimum atomic E-state index is -8.31. The first kappa shape index (κ1) is 32.2. The summed E-state index contributed by atoms with van der Waals surface area (Å²) in [5.74, 6) is -47.9. The summed E-state index contributed by atoms with van der Waals surface area (Å²) in [6.45, 7) is -0.133. The van der Waals surface area contributed by atoms with Crippen LogP contribution in [0, 0.1) is 0 Å². The second-order valence-electron chi connectivity index (χ2n) is 7.35. The third kappa shape index (κ3) is 5.71. The lowest BCUT2D eigenvalue weighted by molar-refractivity contribution is -0.449. The van der Waals surface area contributed by atoms with Gasteiger partial charge in [0.15, 0.2) is 0 Å². The Morgan fingerprint density at radius 1 is 0.703 bits per heavy atom. The Hall–Kier alpha value is -2.82. The van der Waals surface area contributed by atoms with Crippen molar-refractivity contribution in [3.8, 4) is 0 Å². The minimum Gasteiger partial charge on any atom is -0.478 e. The summed E-state index contributed by atoms with van der Waals surface area (Å²) < 4.78 is 196. The van der Waals surface area contributed by atoms with Crippen molar-refractivity contribution in [3.05, 3.63) is 42.0 Å². The molecular weight excluding hydrogens is 559 g/mol. The molecule has 0 aromatic heterocycles. The van der Waals surface area contributed by atoms with E-state index in [-0.39, 0.29) is 24.6 Å². The van der Waals surface area contributed by atoms with Crippen molar-refractivity contribution in [2.75, 3.05) is 11.9 Å². The molecule has 0 aliphatic heterocycles. The molecule has 0 heterocycles. The van der Waals surface area contributed by atoms with Gasteiger partial charge in [-0.15, -0.1) is 0 Å². The molecule has 3 nitrogen and oxygen atoms in total. The molecule has 0 spiro atoms. The number of halogens is 15. The van der Waals surface area contributed by atoms with E-state index in [1.165, 1.54) is 12.1 Å². The van der Waals surface area contributed by atoms with E-state index in [0.29, 0.717) is 5.69 Å². The number of hydrogen-bond donors (Lipinski definition) is 2. The molecule has 0 bridgehead atoms. The highest BCUT2D eigenvalue weighted by atomic mass is 19.4. The van der Waals surface area contributed by atoms with E-state index in [1.54, 1.807) is 0 Å². The summed E-state index contributed by atoms with van der Waals surface area (Å²) >= 11 is 0. The molecule has 0 aliphatic carbocycles. The van der Waals surface area contributed by atoms with Crippen molar-refractivity contribution in [1.82, 2.24) is 0 Å². The highest BCUT2D eigenvalue weighted by Crippen LogP contribution is 2.62. The topological polar surface area (TPSA) is 49.3 Å². The van der Waals surface area contributed by atoms with Crippen LogP contribution in [-0.2, 0) is 0 Å². The Kier molecular flexibility index (Phi) is 8.84. The third-order valence-electron chi connectivity index (χ3n) is 4.69. The van der Waals surface area contributed by atoms with Gasteiger partial charge in [-0.1, -0.05) is 6.08 Å². The number of hydrogen-bond acceptors (Lipinski definition) is 2. The smallest absolute Gasteiger partial charge is 0.460 e. The summed E-state index contributed by atoms with van der Waals surface area (Å²) in [6.07, 6.45) is -9.62. The van der Waals surface area contributed by atoms with Gasteiger partial charge in [0.2, 0.25) is 0 Å². The van der Waals surface area contributed by atoms with Crippen LogP contribution in [0.3, 0.4) is 0 Å². The minimum absolute atomic E-state index is 0.0276. The summed E-state index contributed by atoms with van der Waals surface area (Å²) in [5.41, 5.74) is 0.197. The van der Waals surface area contributed by atoms with Crippen molar-refractivity contribution in [2.24, 2.45) is 0 Å². The average molecular weight is 573 g/mol. The summed E-state index contributed by atoms with van der Waals surface area (Å²) in [7, 11) is 0. The first-order valence-electron chi connectivity index (χ1n) is 9.47. The fraction of sp³-hybridized carbons (Fsp3) is 0.526. The van der Waals surface area contributed by atoms with Crippen LogP contribution >= 0.6 is 0 Å². The number of rotatable bonds is 12. The molecule has 0 amide bonds. The number of carboxylic acid groups (broad SMARTS) is 1. The van der Waals surface area contributed by atoms with Gasteiger partial charge in [0, 0.05) is 12.2 Å². The molecule has 0 aliphatic rings. The first-order chi connectivity index (χ1) is 16.4. The van der Waals surface area contributed by atoms with Gasteiger partial charge in [0.05, 0.1) is 5.56 Å². The number of carbonyl (C=O) groups is 1. The zero-order valence-corrected chi connectivity index (χ0v) is 17.6. The van der Waals surface area contributed by atoms with Crippen molar-refractivity contribution in [2.45, 2.75) is 54.6 Å². The molecule has 1 aromatic rings. The molecule has 2 N–H and O–H groups in total. The number of aromatic carboxylic acids is 1. The van der Waals surface area contributed by atoms with Gasteiger partial charge in [-0.3, -0.25) is 0 Å². The zero-order chi connectivity index (χ0) is 29.3. The van der Waals surface area contributed by atoms with Gasteiger partial charge >= 0.3 is 47.7 Å². The van der Waals surface area contributed by atoms with E-state index >= 15 is 0 Å². The number of benzene rings is 1. The Balaban J connectivity index is 2.98. The standard InChI is InChI=1S/C19H14F15NO2/c20-13(21,8-2-1-3-9-35-11-6-4-10(5-7-11)12(36)37)14(22,23)15(24,25)16(26,27)17(28,29)18(30,31)19(32,33)34/h2,4-8,35H,1,3,9H2,(H,36,37). The van der Waals surface area contributed by atoms with Crippen LogP contribution in [0.4, 0.5) is 71.5 Å². The number of carboxylic acids is 1. The van der Waals surface area contributed by atoms with Gasteiger partial charge in [-0.2, -0.15) is 65.9 Å². The van der Waals surface area contributed by atoms with Gasteiger partial charge in [-0.25, -0.2) is 4.79 Å². The number of alkyl halides is 15. The molecule has 0 atom stereocenters.